The molecule has 1 aromatic carbocycles. The van der Waals surface area contributed by atoms with E-state index in [4.69, 9.17) is 5.73 Å². The minimum Gasteiger partial charge on any atom is -0.384 e. The van der Waals surface area contributed by atoms with Crippen molar-refractivity contribution in [3.63, 3.8) is 0 Å². The molecule has 0 spiro atoms. The molecule has 0 amide bonds. The van der Waals surface area contributed by atoms with Gasteiger partial charge in [-0.2, -0.15) is 0 Å². The molecule has 0 atom stereocenters. The van der Waals surface area contributed by atoms with Gasteiger partial charge in [0.15, 0.2) is 0 Å². The zero-order chi connectivity index (χ0) is 13.3. The zero-order valence-corrected chi connectivity index (χ0v) is 11.4. The number of anilines is 1. The Bertz CT molecular complexity index is 574. The van der Waals surface area contributed by atoms with Crippen LogP contribution in [-0.4, -0.2) is 9.97 Å². The van der Waals surface area contributed by atoms with Gasteiger partial charge in [-0.15, -0.1) is 0 Å². The molecule has 0 saturated carbocycles. The van der Waals surface area contributed by atoms with Crippen molar-refractivity contribution in [1.82, 2.24) is 9.97 Å². The van der Waals surface area contributed by atoms with Gasteiger partial charge in [0.25, 0.3) is 0 Å². The van der Waals surface area contributed by atoms with Gasteiger partial charge in [-0.05, 0) is 25.0 Å². The highest BCUT2D eigenvalue weighted by molar-refractivity contribution is 5.66. The maximum atomic E-state index is 5.87. The van der Waals surface area contributed by atoms with Gasteiger partial charge in [-0.3, -0.25) is 0 Å². The summed E-state index contributed by atoms with van der Waals surface area (Å²) in [6.07, 6.45) is 0. The number of benzene rings is 1. The van der Waals surface area contributed by atoms with Gasteiger partial charge >= 0.3 is 0 Å². The van der Waals surface area contributed by atoms with Crippen molar-refractivity contribution in [2.24, 2.45) is 0 Å². The fraction of sp³-hybridized carbons (Fsp3) is 0.333. The SMILES string of the molecule is Cc1cccc(-c2cc(N)nc(C(C)C)n2)c1C. The van der Waals surface area contributed by atoms with Gasteiger partial charge in [0, 0.05) is 17.5 Å². The van der Waals surface area contributed by atoms with E-state index in [1.807, 2.05) is 12.1 Å². The van der Waals surface area contributed by atoms with Crippen molar-refractivity contribution < 1.29 is 0 Å². The van der Waals surface area contributed by atoms with Crippen molar-refractivity contribution in [2.75, 3.05) is 5.73 Å². The molecule has 2 rings (SSSR count). The Morgan fingerprint density at radius 1 is 1.11 bits per heavy atom. The number of aromatic nitrogens is 2. The molecule has 0 aliphatic heterocycles. The van der Waals surface area contributed by atoms with Crippen LogP contribution in [0, 0.1) is 13.8 Å². The maximum Gasteiger partial charge on any atom is 0.133 e. The summed E-state index contributed by atoms with van der Waals surface area (Å²) >= 11 is 0. The van der Waals surface area contributed by atoms with E-state index in [-0.39, 0.29) is 5.92 Å². The molecule has 18 heavy (non-hydrogen) atoms. The van der Waals surface area contributed by atoms with Crippen LogP contribution in [0.4, 0.5) is 5.82 Å². The van der Waals surface area contributed by atoms with Gasteiger partial charge in [-0.1, -0.05) is 32.0 Å². The molecule has 2 N–H and O–H groups in total. The molecule has 0 bridgehead atoms. The fourth-order valence-electron chi connectivity index (χ4n) is 1.91. The Morgan fingerprint density at radius 3 is 2.50 bits per heavy atom. The maximum absolute atomic E-state index is 5.87. The molecule has 0 aliphatic rings. The van der Waals surface area contributed by atoms with E-state index in [1.165, 1.54) is 11.1 Å². The lowest BCUT2D eigenvalue weighted by Gasteiger charge is -2.11. The van der Waals surface area contributed by atoms with E-state index in [0.29, 0.717) is 5.82 Å². The van der Waals surface area contributed by atoms with Crippen molar-refractivity contribution in [3.05, 3.63) is 41.2 Å². The molecule has 0 radical (unpaired) electrons. The quantitative estimate of drug-likeness (QED) is 0.876. The minimum absolute atomic E-state index is 0.275. The Labute approximate surface area is 108 Å². The molecule has 0 unspecified atom stereocenters. The third kappa shape index (κ3) is 2.35. The van der Waals surface area contributed by atoms with Crippen LogP contribution >= 0.6 is 0 Å². The van der Waals surface area contributed by atoms with Crippen LogP contribution in [0.25, 0.3) is 11.3 Å². The second-order valence-electron chi connectivity index (χ2n) is 4.94. The molecule has 0 fully saturated rings. The summed E-state index contributed by atoms with van der Waals surface area (Å²) in [7, 11) is 0. The average molecular weight is 241 g/mol. The first-order valence-electron chi connectivity index (χ1n) is 6.20. The van der Waals surface area contributed by atoms with Crippen LogP contribution < -0.4 is 5.73 Å². The van der Waals surface area contributed by atoms with Crippen LogP contribution in [0.2, 0.25) is 0 Å². The summed E-state index contributed by atoms with van der Waals surface area (Å²) in [5.41, 5.74) is 10.4. The van der Waals surface area contributed by atoms with Crippen LogP contribution in [0.15, 0.2) is 24.3 Å². The molecular formula is C15H19N3. The topological polar surface area (TPSA) is 51.8 Å². The first-order chi connectivity index (χ1) is 8.49. The smallest absolute Gasteiger partial charge is 0.133 e. The molecule has 3 heteroatoms. The lowest BCUT2D eigenvalue weighted by atomic mass is 10.0. The monoisotopic (exact) mass is 241 g/mol. The summed E-state index contributed by atoms with van der Waals surface area (Å²) in [6, 6.07) is 8.07. The van der Waals surface area contributed by atoms with E-state index in [2.05, 4.69) is 49.8 Å². The van der Waals surface area contributed by atoms with Gasteiger partial charge < -0.3 is 5.73 Å². The predicted molar refractivity (Wildman–Crippen MR) is 75.4 cm³/mol. The molecular weight excluding hydrogens is 222 g/mol. The van der Waals surface area contributed by atoms with Crippen LogP contribution in [-0.2, 0) is 0 Å². The molecule has 1 heterocycles. The van der Waals surface area contributed by atoms with Crippen molar-refractivity contribution in [3.8, 4) is 11.3 Å². The summed E-state index contributed by atoms with van der Waals surface area (Å²) in [5.74, 6) is 1.60. The van der Waals surface area contributed by atoms with E-state index < -0.39 is 0 Å². The lowest BCUT2D eigenvalue weighted by Crippen LogP contribution is -2.03. The third-order valence-corrected chi connectivity index (χ3v) is 3.16. The molecule has 0 aliphatic carbocycles. The lowest BCUT2D eigenvalue weighted by molar-refractivity contribution is 0.778. The Kier molecular flexibility index (Phi) is 3.32. The largest absolute Gasteiger partial charge is 0.384 e. The third-order valence-electron chi connectivity index (χ3n) is 3.16. The normalized spacial score (nSPS) is 10.9. The number of nitrogen functional groups attached to an aromatic ring is 1. The fourth-order valence-corrected chi connectivity index (χ4v) is 1.91. The Balaban J connectivity index is 2.60. The van der Waals surface area contributed by atoms with E-state index in [1.54, 1.807) is 0 Å². The first kappa shape index (κ1) is 12.6. The molecule has 3 nitrogen and oxygen atoms in total. The highest BCUT2D eigenvalue weighted by Crippen LogP contribution is 2.26. The number of nitrogens with zero attached hydrogens (tertiary/aromatic N) is 2. The second-order valence-corrected chi connectivity index (χ2v) is 4.94. The number of rotatable bonds is 2. The van der Waals surface area contributed by atoms with Gasteiger partial charge in [-0.25, -0.2) is 9.97 Å². The Hall–Kier alpha value is -1.90. The highest BCUT2D eigenvalue weighted by atomic mass is 14.9. The van der Waals surface area contributed by atoms with Crippen LogP contribution in [0.3, 0.4) is 0 Å². The van der Waals surface area contributed by atoms with Crippen LogP contribution in [0.1, 0.15) is 36.7 Å². The van der Waals surface area contributed by atoms with Gasteiger partial charge in [0.05, 0.1) is 5.69 Å². The number of aryl methyl sites for hydroxylation is 1. The van der Waals surface area contributed by atoms with Crippen molar-refractivity contribution >= 4 is 5.82 Å². The van der Waals surface area contributed by atoms with Crippen molar-refractivity contribution in [1.29, 1.82) is 0 Å². The van der Waals surface area contributed by atoms with Gasteiger partial charge in [0.1, 0.15) is 11.6 Å². The van der Waals surface area contributed by atoms with E-state index in [0.717, 1.165) is 17.1 Å². The highest BCUT2D eigenvalue weighted by Gasteiger charge is 2.10. The summed E-state index contributed by atoms with van der Waals surface area (Å²) in [5, 5.41) is 0. The predicted octanol–water partition coefficient (Wildman–Crippen LogP) is 3.47. The zero-order valence-electron chi connectivity index (χ0n) is 11.4. The standard InChI is InChI=1S/C15H19N3/c1-9(2)15-17-13(8-14(16)18-15)12-7-5-6-10(3)11(12)4/h5-9H,1-4H3,(H2,16,17,18). The minimum atomic E-state index is 0.275. The van der Waals surface area contributed by atoms with Crippen molar-refractivity contribution in [2.45, 2.75) is 33.6 Å². The average Bonchev–Trinajstić information content (AvgIpc) is 2.31. The first-order valence-corrected chi connectivity index (χ1v) is 6.20. The van der Waals surface area contributed by atoms with Gasteiger partial charge in [0.2, 0.25) is 0 Å². The second kappa shape index (κ2) is 4.77. The summed E-state index contributed by atoms with van der Waals surface area (Å²) in [4.78, 5) is 8.89. The van der Waals surface area contributed by atoms with E-state index in [9.17, 15) is 0 Å². The van der Waals surface area contributed by atoms with E-state index >= 15 is 0 Å². The Morgan fingerprint density at radius 2 is 1.83 bits per heavy atom. The summed E-state index contributed by atoms with van der Waals surface area (Å²) in [6.45, 7) is 8.36. The molecule has 94 valence electrons. The number of hydrogen-bond acceptors (Lipinski definition) is 3. The summed E-state index contributed by atoms with van der Waals surface area (Å²) < 4.78 is 0. The van der Waals surface area contributed by atoms with Crippen LogP contribution in [0.5, 0.6) is 0 Å². The number of nitrogens with two attached hydrogens (primary N) is 1. The molecule has 2 aromatic rings. The molecule has 1 aromatic heterocycles. The number of hydrogen-bond donors (Lipinski definition) is 1. The molecule has 0 saturated heterocycles.